The molecule has 142 valence electrons. The van der Waals surface area contributed by atoms with Gasteiger partial charge in [0.2, 0.25) is 5.60 Å². The van der Waals surface area contributed by atoms with Gasteiger partial charge in [-0.15, -0.1) is 5.92 Å². The Labute approximate surface area is 151 Å². The van der Waals surface area contributed by atoms with E-state index in [1.54, 1.807) is 19.1 Å². The fourth-order valence-corrected chi connectivity index (χ4v) is 3.43. The van der Waals surface area contributed by atoms with E-state index >= 15 is 0 Å². The number of ether oxygens (including phenoxy) is 2. The minimum absolute atomic E-state index is 0.00109. The number of benzene rings is 1. The maximum absolute atomic E-state index is 13.8. The number of nitrogens with one attached hydrogen (secondary N) is 1. The molecular formula is C19H23F3N2O2. The van der Waals surface area contributed by atoms with Crippen LogP contribution in [0.25, 0.3) is 0 Å². The van der Waals surface area contributed by atoms with Crippen molar-refractivity contribution in [1.82, 2.24) is 5.32 Å². The average Bonchev–Trinajstić information content (AvgIpc) is 2.93. The van der Waals surface area contributed by atoms with Crippen molar-refractivity contribution >= 4 is 5.69 Å². The van der Waals surface area contributed by atoms with Gasteiger partial charge >= 0.3 is 6.18 Å². The summed E-state index contributed by atoms with van der Waals surface area (Å²) in [7, 11) is 0. The van der Waals surface area contributed by atoms with Gasteiger partial charge in [-0.2, -0.15) is 13.2 Å². The molecule has 2 saturated heterocycles. The molecular weight excluding hydrogens is 345 g/mol. The minimum atomic E-state index is -4.58. The van der Waals surface area contributed by atoms with Gasteiger partial charge in [-0.25, -0.2) is 0 Å². The number of alkyl halides is 3. The van der Waals surface area contributed by atoms with Gasteiger partial charge in [0.1, 0.15) is 6.04 Å². The Morgan fingerprint density at radius 1 is 1.23 bits per heavy atom. The summed E-state index contributed by atoms with van der Waals surface area (Å²) >= 11 is 0. The van der Waals surface area contributed by atoms with E-state index < -0.39 is 24.2 Å². The second-order valence-corrected chi connectivity index (χ2v) is 6.97. The lowest BCUT2D eigenvalue weighted by atomic mass is 9.93. The Balaban J connectivity index is 1.91. The Morgan fingerprint density at radius 3 is 2.46 bits per heavy atom. The highest BCUT2D eigenvalue weighted by Crippen LogP contribution is 2.49. The smallest absolute Gasteiger partial charge is 0.355 e. The summed E-state index contributed by atoms with van der Waals surface area (Å²) in [6.45, 7) is 6.48. The van der Waals surface area contributed by atoms with Gasteiger partial charge in [0.15, 0.2) is 5.79 Å². The number of nitrogens with zero attached hydrogens (tertiary/aromatic N) is 1. The first-order valence-electron chi connectivity index (χ1n) is 8.59. The highest BCUT2D eigenvalue weighted by Gasteiger charge is 2.63. The second-order valence-electron chi connectivity index (χ2n) is 6.97. The molecule has 2 aliphatic heterocycles. The molecule has 0 amide bonds. The van der Waals surface area contributed by atoms with Gasteiger partial charge in [0.25, 0.3) is 0 Å². The standard InChI is InChI=1S/C19H23F3N2O2/c1-4-5-16-12-23-10-11-24(16)15-8-6-14(7-9-15)18(19(20,21)22)13-25-17(2,3)26-18/h6-9,16,23H,10-13H2,1-3H3/t16-,18?/m0/s1. The molecule has 0 radical (unpaired) electrons. The first kappa shape index (κ1) is 19.0. The van der Waals surface area contributed by atoms with E-state index in [0.29, 0.717) is 0 Å². The number of rotatable bonds is 2. The van der Waals surface area contributed by atoms with Crippen LogP contribution in [-0.4, -0.2) is 44.2 Å². The Kier molecular flexibility index (Phi) is 4.95. The highest BCUT2D eigenvalue weighted by atomic mass is 19.4. The number of hydrogen-bond acceptors (Lipinski definition) is 4. The summed E-state index contributed by atoms with van der Waals surface area (Å²) in [6, 6.07) is 6.36. The van der Waals surface area contributed by atoms with Gasteiger partial charge in [-0.3, -0.25) is 0 Å². The van der Waals surface area contributed by atoms with Crippen molar-refractivity contribution in [2.45, 2.75) is 44.4 Å². The van der Waals surface area contributed by atoms with E-state index in [1.165, 1.54) is 26.0 Å². The normalized spacial score (nSPS) is 28.5. The molecule has 2 aliphatic rings. The zero-order valence-electron chi connectivity index (χ0n) is 15.1. The molecule has 1 N–H and O–H groups in total. The molecule has 1 unspecified atom stereocenters. The van der Waals surface area contributed by atoms with Crippen LogP contribution in [0.2, 0.25) is 0 Å². The number of anilines is 1. The molecule has 26 heavy (non-hydrogen) atoms. The van der Waals surface area contributed by atoms with Gasteiger partial charge in [-0.05, 0) is 38.5 Å². The van der Waals surface area contributed by atoms with Crippen LogP contribution in [0, 0.1) is 11.8 Å². The number of halogens is 3. The summed E-state index contributed by atoms with van der Waals surface area (Å²) in [6.07, 6.45) is -4.58. The van der Waals surface area contributed by atoms with Crippen molar-refractivity contribution in [3.63, 3.8) is 0 Å². The maximum Gasteiger partial charge on any atom is 0.424 e. The van der Waals surface area contributed by atoms with Gasteiger partial charge in [0.05, 0.1) is 6.61 Å². The summed E-state index contributed by atoms with van der Waals surface area (Å²) < 4.78 is 52.1. The molecule has 2 atom stereocenters. The van der Waals surface area contributed by atoms with Crippen molar-refractivity contribution in [3.05, 3.63) is 29.8 Å². The third-order valence-electron chi connectivity index (χ3n) is 4.72. The van der Waals surface area contributed by atoms with E-state index in [-0.39, 0.29) is 11.6 Å². The zero-order chi connectivity index (χ0) is 19.0. The average molecular weight is 368 g/mol. The van der Waals surface area contributed by atoms with Crippen LogP contribution < -0.4 is 10.2 Å². The predicted octanol–water partition coefficient (Wildman–Crippen LogP) is 3.03. The molecule has 1 aromatic carbocycles. The maximum atomic E-state index is 13.8. The van der Waals surface area contributed by atoms with Crippen LogP contribution in [0.1, 0.15) is 26.3 Å². The third kappa shape index (κ3) is 3.41. The summed E-state index contributed by atoms with van der Waals surface area (Å²) in [5.41, 5.74) is -1.55. The van der Waals surface area contributed by atoms with E-state index in [1.807, 2.05) is 0 Å². The molecule has 4 nitrogen and oxygen atoms in total. The molecule has 3 rings (SSSR count). The number of hydrogen-bond donors (Lipinski definition) is 1. The zero-order valence-corrected chi connectivity index (χ0v) is 15.1. The Hall–Kier alpha value is -1.75. The second kappa shape index (κ2) is 6.76. The molecule has 0 spiro atoms. The molecule has 1 aromatic rings. The monoisotopic (exact) mass is 368 g/mol. The highest BCUT2D eigenvalue weighted by molar-refractivity contribution is 5.52. The van der Waals surface area contributed by atoms with Crippen molar-refractivity contribution in [2.75, 3.05) is 31.1 Å². The molecule has 0 bridgehead atoms. The largest absolute Gasteiger partial charge is 0.424 e. The molecule has 2 fully saturated rings. The minimum Gasteiger partial charge on any atom is -0.355 e. The number of piperazine rings is 1. The third-order valence-corrected chi connectivity index (χ3v) is 4.72. The van der Waals surface area contributed by atoms with Crippen molar-refractivity contribution < 1.29 is 22.6 Å². The van der Waals surface area contributed by atoms with E-state index in [4.69, 9.17) is 9.47 Å². The first-order chi connectivity index (χ1) is 12.2. The quantitative estimate of drug-likeness (QED) is 0.814. The lowest BCUT2D eigenvalue weighted by Crippen LogP contribution is -2.51. The molecule has 0 aliphatic carbocycles. The predicted molar refractivity (Wildman–Crippen MR) is 92.7 cm³/mol. The Morgan fingerprint density at radius 2 is 1.92 bits per heavy atom. The lowest BCUT2D eigenvalue weighted by Gasteiger charge is -2.36. The van der Waals surface area contributed by atoms with Crippen molar-refractivity contribution in [3.8, 4) is 11.8 Å². The van der Waals surface area contributed by atoms with Crippen LogP contribution in [0.4, 0.5) is 18.9 Å². The van der Waals surface area contributed by atoms with Crippen LogP contribution in [0.15, 0.2) is 24.3 Å². The van der Waals surface area contributed by atoms with Crippen LogP contribution in [-0.2, 0) is 15.1 Å². The molecule has 0 aromatic heterocycles. The van der Waals surface area contributed by atoms with E-state index in [2.05, 4.69) is 22.1 Å². The summed E-state index contributed by atoms with van der Waals surface area (Å²) in [5.74, 6) is 4.76. The van der Waals surface area contributed by atoms with Gasteiger partial charge in [-0.1, -0.05) is 18.1 Å². The lowest BCUT2D eigenvalue weighted by molar-refractivity contribution is -0.289. The summed E-state index contributed by atoms with van der Waals surface area (Å²) in [5, 5.41) is 3.28. The Bertz CT molecular complexity index is 706. The van der Waals surface area contributed by atoms with E-state index in [9.17, 15) is 13.2 Å². The van der Waals surface area contributed by atoms with Crippen LogP contribution >= 0.6 is 0 Å². The molecule has 2 heterocycles. The van der Waals surface area contributed by atoms with Gasteiger partial charge in [0, 0.05) is 25.3 Å². The van der Waals surface area contributed by atoms with E-state index in [0.717, 1.165) is 25.3 Å². The fraction of sp³-hybridized carbons (Fsp3) is 0.579. The van der Waals surface area contributed by atoms with Crippen LogP contribution in [0.3, 0.4) is 0 Å². The van der Waals surface area contributed by atoms with Crippen LogP contribution in [0.5, 0.6) is 0 Å². The first-order valence-corrected chi connectivity index (χ1v) is 8.59. The summed E-state index contributed by atoms with van der Waals surface area (Å²) in [4.78, 5) is 2.10. The topological polar surface area (TPSA) is 33.7 Å². The van der Waals surface area contributed by atoms with Gasteiger partial charge < -0.3 is 19.7 Å². The SMILES string of the molecule is CC#C[C@H]1CNCCN1c1ccc(C2(C(F)(F)F)COC(C)(C)O2)cc1. The fourth-order valence-electron chi connectivity index (χ4n) is 3.43. The van der Waals surface area contributed by atoms with Crippen molar-refractivity contribution in [1.29, 1.82) is 0 Å². The van der Waals surface area contributed by atoms with Crippen molar-refractivity contribution in [2.24, 2.45) is 0 Å². The molecule has 7 heteroatoms. The molecule has 0 saturated carbocycles.